The zero-order valence-corrected chi connectivity index (χ0v) is 10.5. The number of oxime groups is 1. The lowest BCUT2D eigenvalue weighted by Gasteiger charge is -2.06. The summed E-state index contributed by atoms with van der Waals surface area (Å²) in [7, 11) is 0. The maximum absolute atomic E-state index is 9.29. The summed E-state index contributed by atoms with van der Waals surface area (Å²) in [4.78, 5) is 0. The molecule has 6 nitrogen and oxygen atoms in total. The van der Waals surface area contributed by atoms with Gasteiger partial charge in [0.1, 0.15) is 0 Å². The van der Waals surface area contributed by atoms with Crippen LogP contribution in [0.15, 0.2) is 65.8 Å². The summed E-state index contributed by atoms with van der Waals surface area (Å²) in [6.07, 6.45) is 0. The summed E-state index contributed by atoms with van der Waals surface area (Å²) in [6, 6.07) is 18.7. The fourth-order valence-corrected chi connectivity index (χ4v) is 1.91. The van der Waals surface area contributed by atoms with Crippen LogP contribution in [0.3, 0.4) is 0 Å². The van der Waals surface area contributed by atoms with Gasteiger partial charge < -0.3 is 5.21 Å². The summed E-state index contributed by atoms with van der Waals surface area (Å²) in [6.45, 7) is 0. The number of benzene rings is 2. The highest BCUT2D eigenvalue weighted by atomic mass is 16.4. The van der Waals surface area contributed by atoms with E-state index >= 15 is 0 Å². The molecule has 0 aliphatic carbocycles. The molecule has 0 bridgehead atoms. The van der Waals surface area contributed by atoms with E-state index in [9.17, 15) is 5.21 Å². The lowest BCUT2D eigenvalue weighted by molar-refractivity contribution is 0.316. The molecule has 0 saturated carbocycles. The second-order valence-electron chi connectivity index (χ2n) is 4.07. The summed E-state index contributed by atoms with van der Waals surface area (Å²) >= 11 is 0. The molecule has 1 aromatic heterocycles. The molecule has 20 heavy (non-hydrogen) atoms. The average Bonchev–Trinajstić information content (AvgIpc) is 2.99. The van der Waals surface area contributed by atoms with Crippen LogP contribution in [0, 0.1) is 0 Å². The van der Waals surface area contributed by atoms with Gasteiger partial charge in [0.05, 0.1) is 0 Å². The highest BCUT2D eigenvalue weighted by Crippen LogP contribution is 2.16. The summed E-state index contributed by atoms with van der Waals surface area (Å²) in [5.74, 6) is 0.789. The number of aromatic nitrogens is 4. The SMILES string of the molecule is O/N=C(/c1ccccc1)n1nnnc1-c1ccccc1. The summed E-state index contributed by atoms with van der Waals surface area (Å²) in [5.41, 5.74) is 1.56. The molecule has 6 heteroatoms. The third-order valence-corrected chi connectivity index (χ3v) is 2.83. The highest BCUT2D eigenvalue weighted by Gasteiger charge is 2.15. The molecule has 0 amide bonds. The van der Waals surface area contributed by atoms with E-state index < -0.39 is 0 Å². The van der Waals surface area contributed by atoms with Crippen LogP contribution in [0.4, 0.5) is 0 Å². The van der Waals surface area contributed by atoms with Crippen molar-refractivity contribution in [2.45, 2.75) is 0 Å². The van der Waals surface area contributed by atoms with Crippen molar-refractivity contribution < 1.29 is 5.21 Å². The molecule has 0 fully saturated rings. The van der Waals surface area contributed by atoms with Gasteiger partial charge in [-0.2, -0.15) is 4.68 Å². The first-order valence-corrected chi connectivity index (χ1v) is 6.02. The molecular formula is C14H11N5O. The zero-order valence-electron chi connectivity index (χ0n) is 10.5. The predicted octanol–water partition coefficient (Wildman–Crippen LogP) is 2.02. The van der Waals surface area contributed by atoms with Crippen LogP contribution < -0.4 is 0 Å². The standard InChI is InChI=1S/C14H11N5O/c20-16-14(12-9-5-2-6-10-12)19-13(15-17-18-19)11-7-3-1-4-8-11/h1-10,20H/b16-14-. The fraction of sp³-hybridized carbons (Fsp3) is 0. The number of hydrogen-bond donors (Lipinski definition) is 1. The first-order valence-electron chi connectivity index (χ1n) is 6.02. The lowest BCUT2D eigenvalue weighted by atomic mass is 10.2. The zero-order chi connectivity index (χ0) is 13.8. The molecule has 98 valence electrons. The molecule has 0 saturated heterocycles. The van der Waals surface area contributed by atoms with Gasteiger partial charge in [-0.3, -0.25) is 0 Å². The largest absolute Gasteiger partial charge is 0.409 e. The Balaban J connectivity index is 2.10. The van der Waals surface area contributed by atoms with Crippen molar-refractivity contribution in [1.29, 1.82) is 0 Å². The molecule has 0 aliphatic rings. The second kappa shape index (κ2) is 5.31. The van der Waals surface area contributed by atoms with Crippen LogP contribution in [-0.4, -0.2) is 31.3 Å². The summed E-state index contributed by atoms with van der Waals surface area (Å²) in [5, 5.41) is 24.2. The molecule has 1 N–H and O–H groups in total. The van der Waals surface area contributed by atoms with E-state index in [2.05, 4.69) is 20.7 Å². The molecule has 1 heterocycles. The number of tetrazole rings is 1. The highest BCUT2D eigenvalue weighted by molar-refractivity contribution is 6.00. The fourth-order valence-electron chi connectivity index (χ4n) is 1.91. The van der Waals surface area contributed by atoms with E-state index in [0.717, 1.165) is 11.1 Å². The van der Waals surface area contributed by atoms with Gasteiger partial charge in [0.15, 0.2) is 5.82 Å². The molecular weight excluding hydrogens is 254 g/mol. The van der Waals surface area contributed by atoms with Gasteiger partial charge in [0.2, 0.25) is 5.84 Å². The Morgan fingerprint density at radius 2 is 1.60 bits per heavy atom. The molecule has 3 aromatic rings. The maximum atomic E-state index is 9.29. The topological polar surface area (TPSA) is 76.2 Å². The Morgan fingerprint density at radius 3 is 2.25 bits per heavy atom. The monoisotopic (exact) mass is 265 g/mol. The van der Waals surface area contributed by atoms with Crippen LogP contribution >= 0.6 is 0 Å². The molecule has 0 radical (unpaired) electrons. The van der Waals surface area contributed by atoms with Crippen LogP contribution in [-0.2, 0) is 0 Å². The Bertz CT molecular complexity index is 722. The van der Waals surface area contributed by atoms with Crippen LogP contribution in [0.25, 0.3) is 11.4 Å². The number of rotatable bonds is 2. The third kappa shape index (κ3) is 2.14. The van der Waals surface area contributed by atoms with E-state index in [1.165, 1.54) is 4.68 Å². The van der Waals surface area contributed by atoms with E-state index in [0.29, 0.717) is 5.82 Å². The molecule has 2 aromatic carbocycles. The first kappa shape index (κ1) is 12.0. The molecule has 3 rings (SSSR count). The van der Waals surface area contributed by atoms with E-state index in [-0.39, 0.29) is 5.84 Å². The van der Waals surface area contributed by atoms with Gasteiger partial charge in [-0.1, -0.05) is 65.8 Å². The van der Waals surface area contributed by atoms with Gasteiger partial charge >= 0.3 is 0 Å². The molecule has 0 atom stereocenters. The average molecular weight is 265 g/mol. The summed E-state index contributed by atoms with van der Waals surface area (Å²) < 4.78 is 1.41. The van der Waals surface area contributed by atoms with Crippen molar-refractivity contribution in [3.8, 4) is 11.4 Å². The Kier molecular flexibility index (Phi) is 3.20. The van der Waals surface area contributed by atoms with Crippen molar-refractivity contribution in [2.75, 3.05) is 0 Å². The van der Waals surface area contributed by atoms with Gasteiger partial charge in [-0.05, 0) is 10.4 Å². The van der Waals surface area contributed by atoms with Crippen molar-refractivity contribution in [3.05, 3.63) is 66.2 Å². The Labute approximate surface area is 115 Å². The van der Waals surface area contributed by atoms with E-state index in [1.807, 2.05) is 60.7 Å². The van der Waals surface area contributed by atoms with Crippen LogP contribution in [0.1, 0.15) is 5.56 Å². The minimum absolute atomic E-state index is 0.273. The second-order valence-corrected chi connectivity index (χ2v) is 4.07. The van der Waals surface area contributed by atoms with Gasteiger partial charge in [0.25, 0.3) is 0 Å². The van der Waals surface area contributed by atoms with E-state index in [4.69, 9.17) is 0 Å². The number of hydrogen-bond acceptors (Lipinski definition) is 5. The Hall–Kier alpha value is -3.02. The van der Waals surface area contributed by atoms with Gasteiger partial charge in [0, 0.05) is 11.1 Å². The van der Waals surface area contributed by atoms with Crippen molar-refractivity contribution in [2.24, 2.45) is 5.16 Å². The molecule has 0 unspecified atom stereocenters. The quantitative estimate of drug-likeness (QED) is 0.333. The molecule has 0 aliphatic heterocycles. The normalized spacial score (nSPS) is 11.5. The van der Waals surface area contributed by atoms with Gasteiger partial charge in [-0.15, -0.1) is 5.10 Å². The minimum Gasteiger partial charge on any atom is -0.409 e. The maximum Gasteiger partial charge on any atom is 0.203 e. The third-order valence-electron chi connectivity index (χ3n) is 2.83. The lowest BCUT2D eigenvalue weighted by Crippen LogP contribution is -2.16. The first-order chi connectivity index (χ1) is 9.90. The van der Waals surface area contributed by atoms with Gasteiger partial charge in [-0.25, -0.2) is 0 Å². The number of nitrogens with zero attached hydrogens (tertiary/aromatic N) is 5. The van der Waals surface area contributed by atoms with E-state index in [1.54, 1.807) is 0 Å². The van der Waals surface area contributed by atoms with Crippen molar-refractivity contribution >= 4 is 5.84 Å². The Morgan fingerprint density at radius 1 is 0.950 bits per heavy atom. The van der Waals surface area contributed by atoms with Crippen molar-refractivity contribution in [3.63, 3.8) is 0 Å². The smallest absolute Gasteiger partial charge is 0.203 e. The molecule has 0 spiro atoms. The van der Waals surface area contributed by atoms with Crippen LogP contribution in [0.5, 0.6) is 0 Å². The van der Waals surface area contributed by atoms with Crippen molar-refractivity contribution in [1.82, 2.24) is 20.2 Å². The predicted molar refractivity (Wildman–Crippen MR) is 73.4 cm³/mol. The minimum atomic E-state index is 0.273. The van der Waals surface area contributed by atoms with Crippen LogP contribution in [0.2, 0.25) is 0 Å².